The van der Waals surface area contributed by atoms with Crippen LogP contribution in [0.3, 0.4) is 0 Å². The molecule has 1 atom stereocenters. The molecule has 4 aromatic rings. The predicted octanol–water partition coefficient (Wildman–Crippen LogP) is 7.49. The second-order valence-corrected chi connectivity index (χ2v) is 12.2. The number of halogens is 3. The van der Waals surface area contributed by atoms with Crippen molar-refractivity contribution in [2.45, 2.75) is 72.2 Å². The molecule has 1 aliphatic rings. The number of likely N-dealkylation sites (tertiary alicyclic amines) is 1. The van der Waals surface area contributed by atoms with E-state index in [1.807, 2.05) is 36.5 Å². The zero-order valence-corrected chi connectivity index (χ0v) is 27.3. The maximum absolute atomic E-state index is 13.6. The summed E-state index contributed by atoms with van der Waals surface area (Å²) in [6.45, 7) is 7.80. The Labute approximate surface area is 274 Å². The second kappa shape index (κ2) is 15.4. The molecule has 0 spiro atoms. The van der Waals surface area contributed by atoms with Gasteiger partial charge in [-0.2, -0.15) is 13.2 Å². The Morgan fingerprint density at radius 3 is 2.45 bits per heavy atom. The number of nitrogens with one attached hydrogen (secondary N) is 1. The minimum Gasteiger partial charge on any atom is -0.435 e. The molecule has 7 nitrogen and oxygen atoms in total. The van der Waals surface area contributed by atoms with Crippen molar-refractivity contribution in [2.75, 3.05) is 24.5 Å². The number of carbonyl (C=O) groups excluding carboxylic acids is 1. The van der Waals surface area contributed by atoms with Crippen molar-refractivity contribution in [3.05, 3.63) is 107 Å². The first-order chi connectivity index (χ1) is 22.6. The number of benzene rings is 2. The van der Waals surface area contributed by atoms with E-state index in [1.165, 1.54) is 11.6 Å². The SMILES string of the molecule is Cc1ccncc1CN(c1ccccc1-c1ccc(OC(F)F)cc1)C1CCN([C@H](C)CCNC(=O)c2c(C)cc(F)nc2C)CC1. The van der Waals surface area contributed by atoms with Gasteiger partial charge in [0.1, 0.15) is 5.75 Å². The normalized spacial score (nSPS) is 14.6. The Morgan fingerprint density at radius 1 is 1.04 bits per heavy atom. The van der Waals surface area contributed by atoms with Gasteiger partial charge in [-0.05, 0) is 99.5 Å². The maximum Gasteiger partial charge on any atom is 0.387 e. The highest BCUT2D eigenvalue weighted by atomic mass is 19.3. The van der Waals surface area contributed by atoms with Crippen molar-refractivity contribution in [1.29, 1.82) is 0 Å². The van der Waals surface area contributed by atoms with E-state index in [2.05, 4.69) is 55.8 Å². The van der Waals surface area contributed by atoms with Gasteiger partial charge < -0.3 is 19.9 Å². The fourth-order valence-electron chi connectivity index (χ4n) is 6.47. The lowest BCUT2D eigenvalue weighted by molar-refractivity contribution is -0.0498. The van der Waals surface area contributed by atoms with Gasteiger partial charge in [-0.3, -0.25) is 9.78 Å². The predicted molar refractivity (Wildman–Crippen MR) is 178 cm³/mol. The fourth-order valence-corrected chi connectivity index (χ4v) is 6.47. The number of amides is 1. The third-order valence-electron chi connectivity index (χ3n) is 9.10. The summed E-state index contributed by atoms with van der Waals surface area (Å²) in [6.07, 6.45) is 6.42. The molecule has 0 radical (unpaired) electrons. The monoisotopic (exact) mass is 645 g/mol. The van der Waals surface area contributed by atoms with E-state index in [9.17, 15) is 18.0 Å². The Kier molecular flexibility index (Phi) is 11.1. The van der Waals surface area contributed by atoms with E-state index in [0.717, 1.165) is 54.7 Å². The van der Waals surface area contributed by atoms with Gasteiger partial charge in [0, 0.05) is 61.9 Å². The average molecular weight is 646 g/mol. The number of alkyl halides is 2. The van der Waals surface area contributed by atoms with Crippen molar-refractivity contribution < 1.29 is 22.7 Å². The van der Waals surface area contributed by atoms with E-state index < -0.39 is 12.6 Å². The largest absolute Gasteiger partial charge is 0.435 e. The summed E-state index contributed by atoms with van der Waals surface area (Å²) in [6, 6.07) is 18.9. The molecule has 1 N–H and O–H groups in total. The molecule has 10 heteroatoms. The molecule has 1 saturated heterocycles. The van der Waals surface area contributed by atoms with Crippen molar-refractivity contribution in [2.24, 2.45) is 0 Å². The molecular weight excluding hydrogens is 603 g/mol. The first kappa shape index (κ1) is 33.9. The summed E-state index contributed by atoms with van der Waals surface area (Å²) < 4.78 is 43.7. The molecular formula is C37H42F3N5O2. The number of piperidine rings is 1. The topological polar surface area (TPSA) is 70.6 Å². The zero-order chi connectivity index (χ0) is 33.5. The zero-order valence-electron chi connectivity index (χ0n) is 27.3. The number of hydrogen-bond acceptors (Lipinski definition) is 6. The van der Waals surface area contributed by atoms with Gasteiger partial charge in [0.2, 0.25) is 5.95 Å². The Balaban J connectivity index is 1.28. The third kappa shape index (κ3) is 8.48. The van der Waals surface area contributed by atoms with Crippen LogP contribution in [0.25, 0.3) is 11.1 Å². The summed E-state index contributed by atoms with van der Waals surface area (Å²) in [5.74, 6) is -0.681. The number of para-hydroxylation sites is 1. The molecule has 0 unspecified atom stereocenters. The lowest BCUT2D eigenvalue weighted by Gasteiger charge is -2.42. The second-order valence-electron chi connectivity index (χ2n) is 12.2. The molecule has 1 fully saturated rings. The molecule has 1 amide bonds. The van der Waals surface area contributed by atoms with Gasteiger partial charge in [0.15, 0.2) is 0 Å². The standard InChI is InChI=1S/C37H42F3N5O2/c1-24-13-17-41-22-29(24)23-45(33-8-6-5-7-32(33)28-9-11-31(12-10-28)47-37(39)40)30-15-19-44(20-16-30)26(3)14-18-42-36(46)35-25(2)21-34(38)43-27(35)4/h5-13,17,21-22,26,30,37H,14-16,18-20,23H2,1-4H3,(H,42,46)/t26-/m1/s1. The Morgan fingerprint density at radius 2 is 1.77 bits per heavy atom. The van der Waals surface area contributed by atoms with Crippen LogP contribution in [0.4, 0.5) is 18.9 Å². The fraction of sp³-hybridized carbons (Fsp3) is 0.378. The number of rotatable bonds is 12. The average Bonchev–Trinajstić information content (AvgIpc) is 3.04. The first-order valence-electron chi connectivity index (χ1n) is 16.1. The third-order valence-corrected chi connectivity index (χ3v) is 9.10. The number of pyridine rings is 2. The molecule has 1 aliphatic heterocycles. The summed E-state index contributed by atoms with van der Waals surface area (Å²) in [5, 5.41) is 3.00. The van der Waals surface area contributed by atoms with Crippen LogP contribution in [0, 0.1) is 26.7 Å². The Hall–Kier alpha value is -4.44. The maximum atomic E-state index is 13.6. The van der Waals surface area contributed by atoms with Crippen LogP contribution in [0.2, 0.25) is 0 Å². The van der Waals surface area contributed by atoms with Crippen LogP contribution in [0.1, 0.15) is 58.9 Å². The number of anilines is 1. The van der Waals surface area contributed by atoms with Crippen LogP contribution in [-0.4, -0.2) is 59.1 Å². The smallest absolute Gasteiger partial charge is 0.387 e. The number of carbonyl (C=O) groups is 1. The first-order valence-corrected chi connectivity index (χ1v) is 16.1. The van der Waals surface area contributed by atoms with Crippen LogP contribution in [-0.2, 0) is 6.54 Å². The molecule has 3 heterocycles. The van der Waals surface area contributed by atoms with Gasteiger partial charge >= 0.3 is 6.61 Å². The minimum atomic E-state index is -2.87. The van der Waals surface area contributed by atoms with Gasteiger partial charge in [-0.15, -0.1) is 0 Å². The highest BCUT2D eigenvalue weighted by Crippen LogP contribution is 2.36. The van der Waals surface area contributed by atoms with Gasteiger partial charge in [0.05, 0.1) is 11.3 Å². The van der Waals surface area contributed by atoms with Crippen LogP contribution in [0.5, 0.6) is 5.75 Å². The summed E-state index contributed by atoms with van der Waals surface area (Å²) >= 11 is 0. The number of aryl methyl sites for hydroxylation is 3. The van der Waals surface area contributed by atoms with Crippen LogP contribution >= 0.6 is 0 Å². The molecule has 47 heavy (non-hydrogen) atoms. The number of nitrogens with zero attached hydrogens (tertiary/aromatic N) is 4. The van der Waals surface area contributed by atoms with E-state index in [4.69, 9.17) is 0 Å². The molecule has 0 bridgehead atoms. The molecule has 2 aromatic heterocycles. The van der Waals surface area contributed by atoms with Crippen molar-refractivity contribution in [3.8, 4) is 16.9 Å². The summed E-state index contributed by atoms with van der Waals surface area (Å²) in [4.78, 5) is 26.0. The number of ether oxygens (including phenoxy) is 1. The highest BCUT2D eigenvalue weighted by Gasteiger charge is 2.29. The van der Waals surface area contributed by atoms with E-state index in [-0.39, 0.29) is 23.7 Å². The molecule has 0 saturated carbocycles. The number of aromatic nitrogens is 2. The van der Waals surface area contributed by atoms with Crippen LogP contribution in [0.15, 0.2) is 73.1 Å². The quantitative estimate of drug-likeness (QED) is 0.161. The summed E-state index contributed by atoms with van der Waals surface area (Å²) in [5.41, 5.74) is 6.74. The lowest BCUT2D eigenvalue weighted by Crippen LogP contribution is -2.48. The van der Waals surface area contributed by atoms with Crippen LogP contribution < -0.4 is 15.0 Å². The molecule has 0 aliphatic carbocycles. The molecule has 2 aromatic carbocycles. The van der Waals surface area contributed by atoms with E-state index >= 15 is 0 Å². The van der Waals surface area contributed by atoms with Crippen molar-refractivity contribution in [3.63, 3.8) is 0 Å². The minimum absolute atomic E-state index is 0.128. The van der Waals surface area contributed by atoms with Gasteiger partial charge in [-0.1, -0.05) is 30.3 Å². The number of hydrogen-bond donors (Lipinski definition) is 1. The molecule has 248 valence electrons. The summed E-state index contributed by atoms with van der Waals surface area (Å²) in [7, 11) is 0. The van der Waals surface area contributed by atoms with E-state index in [1.54, 1.807) is 32.2 Å². The highest BCUT2D eigenvalue weighted by molar-refractivity contribution is 5.96. The van der Waals surface area contributed by atoms with Gasteiger partial charge in [0.25, 0.3) is 5.91 Å². The van der Waals surface area contributed by atoms with Gasteiger partial charge in [-0.25, -0.2) is 4.98 Å². The van der Waals surface area contributed by atoms with Crippen molar-refractivity contribution >= 4 is 11.6 Å². The molecule has 5 rings (SSSR count). The van der Waals surface area contributed by atoms with E-state index in [0.29, 0.717) is 29.9 Å². The Bertz CT molecular complexity index is 1640. The van der Waals surface area contributed by atoms with Crippen molar-refractivity contribution in [1.82, 2.24) is 20.2 Å². The lowest BCUT2D eigenvalue weighted by atomic mass is 9.96.